The molecular weight excluding hydrogens is 302 g/mol. The predicted molar refractivity (Wildman–Crippen MR) is 79.6 cm³/mol. The zero-order valence-corrected chi connectivity index (χ0v) is 12.1. The van der Waals surface area contributed by atoms with E-state index in [4.69, 9.17) is 0 Å². The number of Topliss-reactive ketones (excluding diaryl/α,β-unsaturated/α-hetero) is 1. The maximum atomic E-state index is 13.7. The van der Waals surface area contributed by atoms with Crippen molar-refractivity contribution in [1.29, 1.82) is 0 Å². The van der Waals surface area contributed by atoms with Crippen molar-refractivity contribution in [1.82, 2.24) is 10.6 Å². The van der Waals surface area contributed by atoms with Crippen LogP contribution in [0.3, 0.4) is 0 Å². The van der Waals surface area contributed by atoms with E-state index in [1.54, 1.807) is 30.3 Å². The van der Waals surface area contributed by atoms with E-state index in [1.165, 1.54) is 12.1 Å². The van der Waals surface area contributed by atoms with Gasteiger partial charge in [0.15, 0.2) is 6.29 Å². The van der Waals surface area contributed by atoms with E-state index in [2.05, 4.69) is 10.6 Å². The molecule has 0 aromatic heterocycles. The molecule has 0 spiro atoms. The third kappa shape index (κ3) is 2.56. The Bertz CT molecular complexity index is 731. The van der Waals surface area contributed by atoms with E-state index >= 15 is 0 Å². The van der Waals surface area contributed by atoms with Crippen molar-refractivity contribution in [2.24, 2.45) is 0 Å². The first-order valence-corrected chi connectivity index (χ1v) is 7.07. The quantitative estimate of drug-likeness (QED) is 0.663. The Morgan fingerprint density at radius 2 is 1.74 bits per heavy atom. The van der Waals surface area contributed by atoms with Gasteiger partial charge in [0.1, 0.15) is 17.7 Å². The van der Waals surface area contributed by atoms with E-state index in [0.717, 1.165) is 6.07 Å². The highest BCUT2D eigenvalue weighted by atomic mass is 19.1. The summed E-state index contributed by atoms with van der Waals surface area (Å²) >= 11 is 0. The second kappa shape index (κ2) is 5.98. The van der Waals surface area contributed by atoms with Gasteiger partial charge in [0, 0.05) is 12.7 Å². The minimum atomic E-state index is -1.22. The standard InChI is InChI=1S/C17H14F2N2O2/c18-13-6-12(7-14(19)8-13)17(11-4-2-1-3-5-11)16(15(23)9-22)20-10-21-17/h1-9,16,20-21H,10H2. The highest BCUT2D eigenvalue weighted by Crippen LogP contribution is 2.36. The summed E-state index contributed by atoms with van der Waals surface area (Å²) in [5.41, 5.74) is -0.344. The summed E-state index contributed by atoms with van der Waals surface area (Å²) in [7, 11) is 0. The van der Waals surface area contributed by atoms with E-state index in [1.807, 2.05) is 0 Å². The molecule has 0 radical (unpaired) electrons. The summed E-state index contributed by atoms with van der Waals surface area (Å²) in [6.45, 7) is 0.220. The molecule has 1 aliphatic heterocycles. The lowest BCUT2D eigenvalue weighted by Crippen LogP contribution is -2.52. The van der Waals surface area contributed by atoms with Gasteiger partial charge in [0.05, 0.1) is 5.54 Å². The number of hydrogen-bond acceptors (Lipinski definition) is 4. The van der Waals surface area contributed by atoms with E-state index in [-0.39, 0.29) is 18.5 Å². The number of nitrogens with one attached hydrogen (secondary N) is 2. The summed E-state index contributed by atoms with van der Waals surface area (Å²) in [6.07, 6.45) is 0.220. The summed E-state index contributed by atoms with van der Waals surface area (Å²) < 4.78 is 27.5. The molecule has 0 bridgehead atoms. The van der Waals surface area contributed by atoms with Crippen LogP contribution < -0.4 is 10.6 Å². The zero-order chi connectivity index (χ0) is 16.4. The van der Waals surface area contributed by atoms with Crippen LogP contribution in [0.5, 0.6) is 0 Å². The monoisotopic (exact) mass is 316 g/mol. The lowest BCUT2D eigenvalue weighted by atomic mass is 9.76. The largest absolute Gasteiger partial charge is 0.295 e. The number of hydrogen-bond donors (Lipinski definition) is 2. The Kier molecular flexibility index (Phi) is 4.02. The van der Waals surface area contributed by atoms with Crippen molar-refractivity contribution in [3.8, 4) is 0 Å². The van der Waals surface area contributed by atoms with Crippen molar-refractivity contribution >= 4 is 12.1 Å². The summed E-state index contributed by atoms with van der Waals surface area (Å²) in [5.74, 6) is -2.19. The molecule has 1 saturated heterocycles. The minimum absolute atomic E-state index is 0.220. The van der Waals surface area contributed by atoms with Gasteiger partial charge in [-0.15, -0.1) is 0 Å². The van der Waals surface area contributed by atoms with Crippen LogP contribution >= 0.6 is 0 Å². The molecule has 0 aliphatic carbocycles. The number of benzene rings is 2. The summed E-state index contributed by atoms with van der Waals surface area (Å²) in [4.78, 5) is 23.1. The molecule has 4 nitrogen and oxygen atoms in total. The second-order valence-electron chi connectivity index (χ2n) is 5.34. The molecule has 118 valence electrons. The summed E-state index contributed by atoms with van der Waals surface area (Å²) in [5, 5.41) is 6.00. The molecule has 2 N–H and O–H groups in total. The smallest absolute Gasteiger partial charge is 0.214 e. The number of rotatable bonds is 4. The van der Waals surface area contributed by atoms with Gasteiger partial charge >= 0.3 is 0 Å². The lowest BCUT2D eigenvalue weighted by molar-refractivity contribution is -0.131. The number of carbonyl (C=O) groups is 2. The van der Waals surface area contributed by atoms with Gasteiger partial charge in [-0.25, -0.2) is 8.78 Å². The lowest BCUT2D eigenvalue weighted by Gasteiger charge is -2.34. The fraction of sp³-hybridized carbons (Fsp3) is 0.176. The highest BCUT2D eigenvalue weighted by Gasteiger charge is 2.49. The minimum Gasteiger partial charge on any atom is -0.295 e. The molecule has 2 atom stereocenters. The number of ketones is 1. The van der Waals surface area contributed by atoms with Crippen molar-refractivity contribution in [2.45, 2.75) is 11.6 Å². The van der Waals surface area contributed by atoms with Crippen LogP contribution in [-0.2, 0) is 15.1 Å². The summed E-state index contributed by atoms with van der Waals surface area (Å²) in [6, 6.07) is 10.9. The van der Waals surface area contributed by atoms with Gasteiger partial charge in [0.2, 0.25) is 5.78 Å². The van der Waals surface area contributed by atoms with Crippen LogP contribution in [0.4, 0.5) is 8.78 Å². The van der Waals surface area contributed by atoms with Gasteiger partial charge in [-0.05, 0) is 23.3 Å². The number of aldehydes is 1. The number of halogens is 2. The SMILES string of the molecule is O=CC(=O)C1NCNC1(c1ccccc1)c1cc(F)cc(F)c1. The molecule has 3 rings (SSSR count). The third-order valence-corrected chi connectivity index (χ3v) is 4.05. The molecule has 1 fully saturated rings. The first-order valence-electron chi connectivity index (χ1n) is 7.07. The highest BCUT2D eigenvalue weighted by molar-refractivity contribution is 6.28. The van der Waals surface area contributed by atoms with Crippen LogP contribution in [0, 0.1) is 11.6 Å². The molecule has 2 unspecified atom stereocenters. The van der Waals surface area contributed by atoms with Crippen LogP contribution in [0.2, 0.25) is 0 Å². The third-order valence-electron chi connectivity index (χ3n) is 4.05. The molecule has 1 heterocycles. The van der Waals surface area contributed by atoms with Crippen molar-refractivity contribution in [3.05, 3.63) is 71.3 Å². The Balaban J connectivity index is 2.26. The second-order valence-corrected chi connectivity index (χ2v) is 5.34. The maximum Gasteiger partial charge on any atom is 0.214 e. The van der Waals surface area contributed by atoms with Crippen molar-refractivity contribution in [2.75, 3.05) is 6.67 Å². The molecular formula is C17H14F2N2O2. The molecule has 0 amide bonds. The molecule has 2 aromatic rings. The van der Waals surface area contributed by atoms with Crippen LogP contribution in [0.25, 0.3) is 0 Å². The van der Waals surface area contributed by atoms with E-state index in [0.29, 0.717) is 5.56 Å². The Labute approximate surface area is 131 Å². The van der Waals surface area contributed by atoms with Crippen LogP contribution in [0.1, 0.15) is 11.1 Å². The molecule has 0 saturated carbocycles. The molecule has 23 heavy (non-hydrogen) atoms. The molecule has 1 aliphatic rings. The van der Waals surface area contributed by atoms with E-state index < -0.39 is 29.0 Å². The fourth-order valence-corrected chi connectivity index (χ4v) is 3.12. The van der Waals surface area contributed by atoms with Gasteiger partial charge in [-0.3, -0.25) is 20.2 Å². The first-order chi connectivity index (χ1) is 11.1. The average molecular weight is 316 g/mol. The van der Waals surface area contributed by atoms with Crippen LogP contribution in [0.15, 0.2) is 48.5 Å². The molecule has 6 heteroatoms. The maximum absolute atomic E-state index is 13.7. The Morgan fingerprint density at radius 1 is 1.09 bits per heavy atom. The number of carbonyl (C=O) groups excluding carboxylic acids is 2. The Hall–Kier alpha value is -2.44. The average Bonchev–Trinajstić information content (AvgIpc) is 3.00. The van der Waals surface area contributed by atoms with Crippen LogP contribution in [-0.4, -0.2) is 24.8 Å². The topological polar surface area (TPSA) is 58.2 Å². The zero-order valence-electron chi connectivity index (χ0n) is 12.1. The Morgan fingerprint density at radius 3 is 2.35 bits per heavy atom. The van der Waals surface area contributed by atoms with Crippen molar-refractivity contribution in [3.63, 3.8) is 0 Å². The van der Waals surface area contributed by atoms with Gasteiger partial charge < -0.3 is 0 Å². The van der Waals surface area contributed by atoms with E-state index in [9.17, 15) is 18.4 Å². The van der Waals surface area contributed by atoms with Gasteiger partial charge in [-0.2, -0.15) is 0 Å². The van der Waals surface area contributed by atoms with Crippen molar-refractivity contribution < 1.29 is 18.4 Å². The first kappa shape index (κ1) is 15.5. The predicted octanol–water partition coefficient (Wildman–Crippen LogP) is 1.50. The normalized spacial score (nSPS) is 23.7. The van der Waals surface area contributed by atoms with Gasteiger partial charge in [-0.1, -0.05) is 30.3 Å². The molecule has 2 aromatic carbocycles. The van der Waals surface area contributed by atoms with Gasteiger partial charge in [0.25, 0.3) is 0 Å². The fourth-order valence-electron chi connectivity index (χ4n) is 3.12.